The van der Waals surface area contributed by atoms with Crippen LogP contribution in [0, 0.1) is 0 Å². The Morgan fingerprint density at radius 3 is 0.821 bits per heavy atom. The average molecular weight is 423 g/mol. The number of halogens is 1. The summed E-state index contributed by atoms with van der Waals surface area (Å²) < 4.78 is 0. The van der Waals surface area contributed by atoms with Gasteiger partial charge in [-0.25, -0.2) is 0 Å². The van der Waals surface area contributed by atoms with E-state index in [9.17, 15) is 0 Å². The van der Waals surface area contributed by atoms with Crippen LogP contribution in [-0.4, -0.2) is 5.49 Å². The predicted octanol–water partition coefficient (Wildman–Crippen LogP) is 5.15. The van der Waals surface area contributed by atoms with Gasteiger partial charge in [0.15, 0.2) is 0 Å². The van der Waals surface area contributed by atoms with Gasteiger partial charge in [-0.3, -0.25) is 0 Å². The van der Waals surface area contributed by atoms with E-state index in [1.54, 1.807) is 0 Å². The number of rotatable bonds is 5. The summed E-state index contributed by atoms with van der Waals surface area (Å²) in [5.41, 5.74) is 0.744. The molecule has 4 aromatic carbocycles. The van der Waals surface area contributed by atoms with Crippen molar-refractivity contribution in [2.45, 2.75) is 0 Å². The van der Waals surface area contributed by atoms with Crippen LogP contribution in [0.25, 0.3) is 0 Å². The third-order valence-corrected chi connectivity index (χ3v) is 13.6. The second-order valence-electron chi connectivity index (χ2n) is 6.79. The van der Waals surface area contributed by atoms with Crippen molar-refractivity contribution in [2.24, 2.45) is 0 Å². The molecule has 0 nitrogen and oxygen atoms in total. The molecule has 0 bridgehead atoms. The van der Waals surface area contributed by atoms with Crippen molar-refractivity contribution in [1.29, 1.82) is 0 Å². The van der Waals surface area contributed by atoms with E-state index in [2.05, 4.69) is 121 Å². The predicted molar refractivity (Wildman–Crippen MR) is 132 cm³/mol. The van der Waals surface area contributed by atoms with Crippen molar-refractivity contribution >= 4 is 52.9 Å². The van der Waals surface area contributed by atoms with Gasteiger partial charge >= 0.3 is 167 Å². The summed E-state index contributed by atoms with van der Waals surface area (Å²) in [7, 11) is 0. The fraction of sp³-hybridized carbons (Fsp3) is 0.0400. The van der Waals surface area contributed by atoms with E-state index in [1.165, 1.54) is 21.2 Å². The molecular formula is C25H24ClPS. The normalized spacial score (nSPS) is 12.4. The summed E-state index contributed by atoms with van der Waals surface area (Å²) in [6, 6.07) is 43.8. The molecule has 0 N–H and O–H groups in total. The first kappa shape index (κ1) is 20.7. The van der Waals surface area contributed by atoms with Crippen LogP contribution in [0.5, 0.6) is 0 Å². The first-order valence-corrected chi connectivity index (χ1v) is 12.2. The van der Waals surface area contributed by atoms with Gasteiger partial charge in [0, 0.05) is 0 Å². The van der Waals surface area contributed by atoms with Gasteiger partial charge in [-0.15, -0.1) is 12.4 Å². The van der Waals surface area contributed by atoms with Crippen molar-refractivity contribution in [2.75, 3.05) is 5.49 Å². The van der Waals surface area contributed by atoms with Gasteiger partial charge in [-0.2, -0.15) is 0 Å². The third-order valence-electron chi connectivity index (χ3n) is 5.59. The Kier molecular flexibility index (Phi) is 6.30. The SMILES string of the molecule is Cl.SCP(c1ccccc1)(c1ccccc1)(c1ccccc1)c1ccccc1. The number of benzene rings is 4. The molecule has 0 aromatic heterocycles. The van der Waals surface area contributed by atoms with Crippen LogP contribution in [0.4, 0.5) is 0 Å². The van der Waals surface area contributed by atoms with E-state index in [1.807, 2.05) is 0 Å². The molecule has 0 amide bonds. The summed E-state index contributed by atoms with van der Waals surface area (Å²) in [6.07, 6.45) is 0. The molecule has 0 heterocycles. The molecule has 4 aromatic rings. The van der Waals surface area contributed by atoms with Crippen molar-refractivity contribution in [1.82, 2.24) is 0 Å². The topological polar surface area (TPSA) is 0 Å². The van der Waals surface area contributed by atoms with Gasteiger partial charge in [-0.1, -0.05) is 0 Å². The van der Waals surface area contributed by atoms with Crippen LogP contribution >= 0.6 is 31.6 Å². The molecule has 4 rings (SSSR count). The summed E-state index contributed by atoms with van der Waals surface area (Å²) in [5, 5.41) is 5.40. The zero-order valence-electron chi connectivity index (χ0n) is 15.6. The Labute approximate surface area is 179 Å². The van der Waals surface area contributed by atoms with Gasteiger partial charge in [0.2, 0.25) is 0 Å². The molecule has 0 atom stereocenters. The maximum absolute atomic E-state index is 5.09. The molecule has 0 aliphatic carbocycles. The number of hydrogen-bond donors (Lipinski definition) is 1. The van der Waals surface area contributed by atoms with Gasteiger partial charge in [0.05, 0.1) is 0 Å². The van der Waals surface area contributed by atoms with Crippen molar-refractivity contribution in [3.05, 3.63) is 121 Å². The molecule has 0 aliphatic heterocycles. The zero-order chi connectivity index (χ0) is 18.6. The van der Waals surface area contributed by atoms with E-state index in [0.29, 0.717) is 0 Å². The van der Waals surface area contributed by atoms with Crippen LogP contribution in [0.15, 0.2) is 121 Å². The minimum atomic E-state index is -2.98. The molecular weight excluding hydrogens is 399 g/mol. The number of thiol groups is 1. The van der Waals surface area contributed by atoms with Crippen molar-refractivity contribution < 1.29 is 0 Å². The Bertz CT molecular complexity index is 836. The van der Waals surface area contributed by atoms with Crippen LogP contribution in [-0.2, 0) is 0 Å². The van der Waals surface area contributed by atoms with E-state index in [4.69, 9.17) is 12.6 Å². The number of hydrogen-bond acceptors (Lipinski definition) is 1. The zero-order valence-corrected chi connectivity index (χ0v) is 18.2. The fourth-order valence-corrected chi connectivity index (χ4v) is 12.0. The standard InChI is InChI=1S/C25H23PS.ClH/c27-21-26(22-13-5-1-6-14-22,23-15-7-2-8-16-23,24-17-9-3-10-18-24)25-19-11-4-12-20-25;/h1-20,27H,21H2;1H. The van der Waals surface area contributed by atoms with Gasteiger partial charge < -0.3 is 0 Å². The second kappa shape index (κ2) is 8.53. The maximum atomic E-state index is 5.09. The van der Waals surface area contributed by atoms with Crippen molar-refractivity contribution in [3.63, 3.8) is 0 Å². The summed E-state index contributed by atoms with van der Waals surface area (Å²) in [5.74, 6) is 0. The molecule has 0 aliphatic rings. The second-order valence-corrected chi connectivity index (χ2v) is 12.6. The van der Waals surface area contributed by atoms with Gasteiger partial charge in [0.25, 0.3) is 0 Å². The Morgan fingerprint density at radius 2 is 0.643 bits per heavy atom. The van der Waals surface area contributed by atoms with E-state index in [-0.39, 0.29) is 12.4 Å². The first-order chi connectivity index (χ1) is 13.3. The van der Waals surface area contributed by atoms with E-state index >= 15 is 0 Å². The third kappa shape index (κ3) is 2.90. The molecule has 0 spiro atoms. The minimum absolute atomic E-state index is 0. The molecule has 0 saturated heterocycles. The van der Waals surface area contributed by atoms with Crippen LogP contribution < -0.4 is 21.2 Å². The molecule has 0 radical (unpaired) electrons. The summed E-state index contributed by atoms with van der Waals surface area (Å²) in [4.78, 5) is 0. The molecule has 3 heteroatoms. The molecule has 0 unspecified atom stereocenters. The molecule has 142 valence electrons. The van der Waals surface area contributed by atoms with Crippen LogP contribution in [0.2, 0.25) is 0 Å². The van der Waals surface area contributed by atoms with E-state index < -0.39 is 6.60 Å². The Balaban J connectivity index is 0.00000225. The average Bonchev–Trinajstić information content (AvgIpc) is 2.78. The first-order valence-electron chi connectivity index (χ1n) is 9.17. The quantitative estimate of drug-likeness (QED) is 0.333. The molecule has 0 fully saturated rings. The van der Waals surface area contributed by atoms with Crippen LogP contribution in [0.3, 0.4) is 0 Å². The van der Waals surface area contributed by atoms with Crippen LogP contribution in [0.1, 0.15) is 0 Å². The monoisotopic (exact) mass is 422 g/mol. The van der Waals surface area contributed by atoms with Gasteiger partial charge in [-0.05, 0) is 0 Å². The summed E-state index contributed by atoms with van der Waals surface area (Å²) >= 11 is 5.09. The Morgan fingerprint density at radius 1 is 0.429 bits per heavy atom. The fourth-order valence-electron chi connectivity index (χ4n) is 4.25. The van der Waals surface area contributed by atoms with E-state index in [0.717, 1.165) is 5.49 Å². The molecule has 0 saturated carbocycles. The molecule has 28 heavy (non-hydrogen) atoms. The Hall–Kier alpha value is -2.05. The van der Waals surface area contributed by atoms with Gasteiger partial charge in [0.1, 0.15) is 0 Å². The van der Waals surface area contributed by atoms with Crippen molar-refractivity contribution in [3.8, 4) is 0 Å². The summed E-state index contributed by atoms with van der Waals surface area (Å²) in [6.45, 7) is -2.98.